The van der Waals surface area contributed by atoms with E-state index in [1.165, 1.54) is 5.69 Å². The van der Waals surface area contributed by atoms with Crippen molar-refractivity contribution in [3.63, 3.8) is 0 Å². The third-order valence-corrected chi connectivity index (χ3v) is 4.23. The Balaban J connectivity index is 2.25. The van der Waals surface area contributed by atoms with Gasteiger partial charge in [-0.15, -0.1) is 0 Å². The fraction of sp³-hybridized carbons (Fsp3) is 0.176. The molecule has 0 fully saturated rings. The van der Waals surface area contributed by atoms with Crippen molar-refractivity contribution in [2.75, 3.05) is 0 Å². The maximum absolute atomic E-state index is 10.7. The second-order valence-corrected chi connectivity index (χ2v) is 6.01. The van der Waals surface area contributed by atoms with Gasteiger partial charge in [-0.2, -0.15) is 0 Å². The molecule has 0 radical (unpaired) electrons. The molecule has 0 saturated carbocycles. The van der Waals surface area contributed by atoms with Crippen LogP contribution in [0.3, 0.4) is 0 Å². The van der Waals surface area contributed by atoms with E-state index in [-0.39, 0.29) is 0 Å². The Morgan fingerprint density at radius 3 is 2.50 bits per heavy atom. The third kappa shape index (κ3) is 2.17. The van der Waals surface area contributed by atoms with Gasteiger partial charge in [0.15, 0.2) is 0 Å². The Bertz CT molecular complexity index is 762. The summed E-state index contributed by atoms with van der Waals surface area (Å²) in [5, 5.41) is 11.9. The first-order valence-electron chi connectivity index (χ1n) is 6.56. The minimum Gasteiger partial charge on any atom is -0.384 e. The summed E-state index contributed by atoms with van der Waals surface area (Å²) in [6.45, 7) is 2.08. The molecule has 0 aliphatic rings. The van der Waals surface area contributed by atoms with Gasteiger partial charge in [0.05, 0.1) is 5.52 Å². The topological polar surface area (TPSA) is 25.2 Å². The van der Waals surface area contributed by atoms with E-state index < -0.39 is 6.10 Å². The quantitative estimate of drug-likeness (QED) is 0.743. The molecule has 2 aromatic carbocycles. The molecule has 20 heavy (non-hydrogen) atoms. The fourth-order valence-electron chi connectivity index (χ4n) is 2.66. The number of halogens is 1. The van der Waals surface area contributed by atoms with Crippen molar-refractivity contribution in [1.29, 1.82) is 0 Å². The average Bonchev–Trinajstić information content (AvgIpc) is 2.73. The summed E-state index contributed by atoms with van der Waals surface area (Å²) >= 11 is 3.54. The van der Waals surface area contributed by atoms with Crippen LogP contribution < -0.4 is 0 Å². The summed E-state index contributed by atoms with van der Waals surface area (Å²) < 4.78 is 3.11. The Morgan fingerprint density at radius 1 is 1.10 bits per heavy atom. The molecule has 1 heterocycles. The van der Waals surface area contributed by atoms with Crippen LogP contribution in [0.15, 0.2) is 53.0 Å². The predicted octanol–water partition coefficient (Wildman–Crippen LogP) is 4.33. The lowest BCUT2D eigenvalue weighted by Gasteiger charge is -2.15. The molecule has 0 aliphatic heterocycles. The largest absolute Gasteiger partial charge is 0.384 e. The van der Waals surface area contributed by atoms with Crippen molar-refractivity contribution in [3.05, 3.63) is 69.8 Å². The maximum Gasteiger partial charge on any atom is 0.106 e. The average molecular weight is 330 g/mol. The highest BCUT2D eigenvalue weighted by Crippen LogP contribution is 2.33. The number of hydrogen-bond acceptors (Lipinski definition) is 1. The predicted molar refractivity (Wildman–Crippen MR) is 85.9 cm³/mol. The van der Waals surface area contributed by atoms with Crippen LogP contribution >= 0.6 is 15.9 Å². The van der Waals surface area contributed by atoms with Gasteiger partial charge in [0, 0.05) is 28.2 Å². The number of nitrogens with zero attached hydrogens (tertiary/aromatic N) is 1. The number of benzene rings is 2. The molecule has 0 spiro atoms. The van der Waals surface area contributed by atoms with Crippen LogP contribution in [-0.4, -0.2) is 9.67 Å². The Kier molecular flexibility index (Phi) is 3.40. The highest BCUT2D eigenvalue weighted by Gasteiger charge is 2.17. The van der Waals surface area contributed by atoms with Crippen molar-refractivity contribution in [3.8, 4) is 0 Å². The van der Waals surface area contributed by atoms with Gasteiger partial charge in [0.1, 0.15) is 6.10 Å². The Morgan fingerprint density at radius 2 is 1.80 bits per heavy atom. The smallest absolute Gasteiger partial charge is 0.106 e. The van der Waals surface area contributed by atoms with E-state index in [4.69, 9.17) is 0 Å². The first-order chi connectivity index (χ1) is 9.58. The van der Waals surface area contributed by atoms with Crippen LogP contribution in [0.4, 0.5) is 0 Å². The van der Waals surface area contributed by atoms with Crippen molar-refractivity contribution >= 4 is 26.8 Å². The van der Waals surface area contributed by atoms with Crippen molar-refractivity contribution in [2.24, 2.45) is 7.05 Å². The standard InChI is InChI=1S/C17H16BrNO/c1-11-8-13-9-14(18)10-15(16(13)19(11)2)17(20)12-6-4-3-5-7-12/h3-10,17,20H,1-2H3. The molecule has 0 saturated heterocycles. The monoisotopic (exact) mass is 329 g/mol. The molecule has 3 rings (SSSR count). The van der Waals surface area contributed by atoms with Crippen LogP contribution in [0.5, 0.6) is 0 Å². The maximum atomic E-state index is 10.7. The Hall–Kier alpha value is -1.58. The second-order valence-electron chi connectivity index (χ2n) is 5.09. The van der Waals surface area contributed by atoms with Crippen molar-refractivity contribution < 1.29 is 5.11 Å². The second kappa shape index (κ2) is 5.08. The molecule has 102 valence electrons. The van der Waals surface area contributed by atoms with E-state index in [1.54, 1.807) is 0 Å². The molecule has 0 bridgehead atoms. The Labute approximate surface area is 126 Å². The molecule has 0 amide bonds. The highest BCUT2D eigenvalue weighted by atomic mass is 79.9. The van der Waals surface area contributed by atoms with Crippen molar-refractivity contribution in [2.45, 2.75) is 13.0 Å². The van der Waals surface area contributed by atoms with Gasteiger partial charge in [0.25, 0.3) is 0 Å². The van der Waals surface area contributed by atoms with Crippen LogP contribution in [0, 0.1) is 6.92 Å². The molecule has 1 aromatic heterocycles. The van der Waals surface area contributed by atoms with E-state index in [0.29, 0.717) is 0 Å². The van der Waals surface area contributed by atoms with Gasteiger partial charge in [-0.3, -0.25) is 0 Å². The molecule has 2 nitrogen and oxygen atoms in total. The van der Waals surface area contributed by atoms with E-state index in [2.05, 4.69) is 39.6 Å². The van der Waals surface area contributed by atoms with E-state index in [1.807, 2.05) is 43.4 Å². The normalized spacial score (nSPS) is 12.8. The lowest BCUT2D eigenvalue weighted by atomic mass is 9.99. The summed E-state index contributed by atoms with van der Waals surface area (Å²) in [6, 6.07) is 16.0. The van der Waals surface area contributed by atoms with Crippen LogP contribution in [0.1, 0.15) is 22.9 Å². The zero-order valence-corrected chi connectivity index (χ0v) is 13.1. The van der Waals surface area contributed by atoms with Gasteiger partial charge in [-0.05, 0) is 30.7 Å². The van der Waals surface area contributed by atoms with Crippen LogP contribution in [0.2, 0.25) is 0 Å². The molecule has 1 atom stereocenters. The lowest BCUT2D eigenvalue weighted by molar-refractivity contribution is 0.221. The van der Waals surface area contributed by atoms with Crippen molar-refractivity contribution in [1.82, 2.24) is 4.57 Å². The fourth-order valence-corrected chi connectivity index (χ4v) is 3.15. The number of aliphatic hydroxyl groups is 1. The zero-order valence-electron chi connectivity index (χ0n) is 11.5. The van der Waals surface area contributed by atoms with Gasteiger partial charge in [-0.1, -0.05) is 46.3 Å². The number of aliphatic hydroxyl groups excluding tert-OH is 1. The zero-order chi connectivity index (χ0) is 14.3. The SMILES string of the molecule is Cc1cc2cc(Br)cc(C(O)c3ccccc3)c2n1C. The minimum atomic E-state index is -0.621. The van der Waals surface area contributed by atoms with E-state index in [0.717, 1.165) is 26.5 Å². The van der Waals surface area contributed by atoms with Gasteiger partial charge in [-0.25, -0.2) is 0 Å². The molecular weight excluding hydrogens is 314 g/mol. The van der Waals surface area contributed by atoms with Crippen LogP contribution in [0.25, 0.3) is 10.9 Å². The van der Waals surface area contributed by atoms with Gasteiger partial charge >= 0.3 is 0 Å². The summed E-state index contributed by atoms with van der Waals surface area (Å²) in [6.07, 6.45) is -0.621. The third-order valence-electron chi connectivity index (χ3n) is 3.77. The molecule has 1 N–H and O–H groups in total. The van der Waals surface area contributed by atoms with Gasteiger partial charge < -0.3 is 9.67 Å². The van der Waals surface area contributed by atoms with E-state index >= 15 is 0 Å². The number of fused-ring (bicyclic) bond motifs is 1. The summed E-state index contributed by atoms with van der Waals surface area (Å²) in [4.78, 5) is 0. The summed E-state index contributed by atoms with van der Waals surface area (Å²) in [7, 11) is 2.03. The summed E-state index contributed by atoms with van der Waals surface area (Å²) in [5.74, 6) is 0. The molecule has 3 heteroatoms. The number of hydrogen-bond donors (Lipinski definition) is 1. The van der Waals surface area contributed by atoms with Gasteiger partial charge in [0.2, 0.25) is 0 Å². The molecular formula is C17H16BrNO. The molecule has 3 aromatic rings. The number of aromatic nitrogens is 1. The highest BCUT2D eigenvalue weighted by molar-refractivity contribution is 9.10. The first kappa shape index (κ1) is 13.4. The lowest BCUT2D eigenvalue weighted by Crippen LogP contribution is -2.03. The number of rotatable bonds is 2. The molecule has 1 unspecified atom stereocenters. The number of aryl methyl sites for hydroxylation is 2. The summed E-state index contributed by atoms with van der Waals surface area (Å²) in [5.41, 5.74) is 4.10. The van der Waals surface area contributed by atoms with E-state index in [9.17, 15) is 5.11 Å². The minimum absolute atomic E-state index is 0.621. The molecule has 0 aliphatic carbocycles. The first-order valence-corrected chi connectivity index (χ1v) is 7.35. The van der Waals surface area contributed by atoms with Crippen LogP contribution in [-0.2, 0) is 7.05 Å².